The molecule has 0 spiro atoms. The molecule has 3 rings (SSSR count). The summed E-state index contributed by atoms with van der Waals surface area (Å²) >= 11 is 5.56. The third-order valence-electron chi connectivity index (χ3n) is 3.56. The molecule has 2 aromatic rings. The maximum atomic E-state index is 5.56. The number of anilines is 1. The lowest BCUT2D eigenvalue weighted by Gasteiger charge is -2.26. The summed E-state index contributed by atoms with van der Waals surface area (Å²) in [6, 6.07) is 9.72. The van der Waals surface area contributed by atoms with Gasteiger partial charge >= 0.3 is 0 Å². The number of hydrogen-bond acceptors (Lipinski definition) is 5. The van der Waals surface area contributed by atoms with E-state index >= 15 is 0 Å². The highest BCUT2D eigenvalue weighted by molar-refractivity contribution is 7.80. The molecule has 0 radical (unpaired) electrons. The van der Waals surface area contributed by atoms with Crippen molar-refractivity contribution in [3.63, 3.8) is 0 Å². The zero-order valence-corrected chi connectivity index (χ0v) is 14.2. The standard InChI is InChI=1S/C17H19N3O3S/c1-21-8-7-19-17(24)20(11-13-3-2-6-18-10-13)14-4-5-15-16(9-14)23-12-22-15/h2-6,9-10H,7-8,11-12H2,1H3,(H,19,24). The molecule has 126 valence electrons. The summed E-state index contributed by atoms with van der Waals surface area (Å²) in [5, 5.41) is 3.83. The Morgan fingerprint density at radius 3 is 3.00 bits per heavy atom. The van der Waals surface area contributed by atoms with Gasteiger partial charge in [0.25, 0.3) is 0 Å². The fourth-order valence-corrected chi connectivity index (χ4v) is 2.64. The lowest BCUT2D eigenvalue weighted by atomic mass is 10.2. The van der Waals surface area contributed by atoms with Crippen LogP contribution in [0.4, 0.5) is 5.69 Å². The first-order chi connectivity index (χ1) is 11.8. The van der Waals surface area contributed by atoms with E-state index in [1.807, 2.05) is 41.4 Å². The van der Waals surface area contributed by atoms with Crippen LogP contribution >= 0.6 is 12.2 Å². The zero-order valence-electron chi connectivity index (χ0n) is 13.4. The molecular weight excluding hydrogens is 326 g/mol. The predicted octanol–water partition coefficient (Wildman–Crippen LogP) is 2.34. The van der Waals surface area contributed by atoms with Crippen molar-refractivity contribution in [1.29, 1.82) is 0 Å². The summed E-state index contributed by atoms with van der Waals surface area (Å²) < 4.78 is 15.9. The number of aromatic nitrogens is 1. The van der Waals surface area contributed by atoms with Crippen LogP contribution in [0.1, 0.15) is 5.56 Å². The normalized spacial score (nSPS) is 12.0. The minimum Gasteiger partial charge on any atom is -0.454 e. The number of ether oxygens (including phenoxy) is 3. The summed E-state index contributed by atoms with van der Waals surface area (Å²) in [5.74, 6) is 1.47. The molecule has 0 saturated carbocycles. The van der Waals surface area contributed by atoms with Crippen molar-refractivity contribution in [3.05, 3.63) is 48.3 Å². The van der Waals surface area contributed by atoms with Gasteiger partial charge in [-0.15, -0.1) is 0 Å². The van der Waals surface area contributed by atoms with Crippen LogP contribution < -0.4 is 19.7 Å². The van der Waals surface area contributed by atoms with Crippen molar-refractivity contribution in [2.45, 2.75) is 6.54 Å². The fourth-order valence-electron chi connectivity index (χ4n) is 2.36. The summed E-state index contributed by atoms with van der Waals surface area (Å²) in [6.07, 6.45) is 3.58. The van der Waals surface area contributed by atoms with Crippen LogP contribution in [0.5, 0.6) is 11.5 Å². The number of fused-ring (bicyclic) bond motifs is 1. The number of pyridine rings is 1. The molecule has 0 saturated heterocycles. The number of rotatable bonds is 6. The molecule has 24 heavy (non-hydrogen) atoms. The fraction of sp³-hybridized carbons (Fsp3) is 0.294. The Kier molecular flexibility index (Phi) is 5.45. The van der Waals surface area contributed by atoms with Crippen molar-refractivity contribution < 1.29 is 14.2 Å². The zero-order chi connectivity index (χ0) is 16.8. The minimum atomic E-state index is 0.248. The van der Waals surface area contributed by atoms with Crippen LogP contribution in [0.2, 0.25) is 0 Å². The van der Waals surface area contributed by atoms with Gasteiger partial charge in [-0.2, -0.15) is 0 Å². The third kappa shape index (κ3) is 3.93. The van der Waals surface area contributed by atoms with Crippen molar-refractivity contribution in [2.24, 2.45) is 0 Å². The van der Waals surface area contributed by atoms with Crippen molar-refractivity contribution in [3.8, 4) is 11.5 Å². The van der Waals surface area contributed by atoms with Crippen LogP contribution in [0, 0.1) is 0 Å². The molecule has 0 unspecified atom stereocenters. The largest absolute Gasteiger partial charge is 0.454 e. The second-order valence-electron chi connectivity index (χ2n) is 5.21. The molecule has 0 fully saturated rings. The first-order valence-corrected chi connectivity index (χ1v) is 8.01. The molecule has 1 aliphatic heterocycles. The minimum absolute atomic E-state index is 0.248. The Balaban J connectivity index is 1.82. The number of thiocarbonyl (C=S) groups is 1. The van der Waals surface area contributed by atoms with Gasteiger partial charge in [-0.05, 0) is 36.0 Å². The maximum Gasteiger partial charge on any atom is 0.231 e. The molecule has 1 aromatic carbocycles. The van der Waals surface area contributed by atoms with E-state index in [0.29, 0.717) is 24.8 Å². The van der Waals surface area contributed by atoms with E-state index in [0.717, 1.165) is 22.7 Å². The van der Waals surface area contributed by atoms with Gasteiger partial charge < -0.3 is 24.4 Å². The summed E-state index contributed by atoms with van der Waals surface area (Å²) in [7, 11) is 1.66. The highest BCUT2D eigenvalue weighted by Crippen LogP contribution is 2.35. The van der Waals surface area contributed by atoms with Gasteiger partial charge in [-0.1, -0.05) is 6.07 Å². The number of nitrogens with one attached hydrogen (secondary N) is 1. The van der Waals surface area contributed by atoms with Gasteiger partial charge in [0.05, 0.1) is 13.2 Å². The maximum absolute atomic E-state index is 5.56. The second kappa shape index (κ2) is 7.94. The summed E-state index contributed by atoms with van der Waals surface area (Å²) in [5.41, 5.74) is 1.99. The van der Waals surface area contributed by atoms with E-state index < -0.39 is 0 Å². The Bertz CT molecular complexity index is 697. The van der Waals surface area contributed by atoms with E-state index in [1.54, 1.807) is 13.3 Å². The van der Waals surface area contributed by atoms with Crippen LogP contribution in [0.3, 0.4) is 0 Å². The molecule has 1 aromatic heterocycles. The Labute approximate surface area is 146 Å². The SMILES string of the molecule is COCCNC(=S)N(Cc1cccnc1)c1ccc2c(c1)OCO2. The van der Waals surface area contributed by atoms with E-state index in [-0.39, 0.29) is 6.79 Å². The van der Waals surface area contributed by atoms with Crippen molar-refractivity contribution in [2.75, 3.05) is 32.0 Å². The molecule has 0 atom stereocenters. The monoisotopic (exact) mass is 345 g/mol. The quantitative estimate of drug-likeness (QED) is 0.637. The van der Waals surface area contributed by atoms with Gasteiger partial charge in [0.2, 0.25) is 6.79 Å². The van der Waals surface area contributed by atoms with E-state index in [9.17, 15) is 0 Å². The van der Waals surface area contributed by atoms with Crippen molar-refractivity contribution >= 4 is 23.0 Å². The van der Waals surface area contributed by atoms with Crippen LogP contribution in [-0.2, 0) is 11.3 Å². The summed E-state index contributed by atoms with van der Waals surface area (Å²) in [6.45, 7) is 2.08. The second-order valence-corrected chi connectivity index (χ2v) is 5.60. The van der Waals surface area contributed by atoms with Crippen LogP contribution in [0.25, 0.3) is 0 Å². The van der Waals surface area contributed by atoms with Gasteiger partial charge in [0, 0.05) is 37.8 Å². The van der Waals surface area contributed by atoms with Gasteiger partial charge in [0.15, 0.2) is 16.6 Å². The van der Waals surface area contributed by atoms with Crippen LogP contribution in [0.15, 0.2) is 42.7 Å². The first-order valence-electron chi connectivity index (χ1n) is 7.61. The smallest absolute Gasteiger partial charge is 0.231 e. The molecule has 7 heteroatoms. The molecule has 0 bridgehead atoms. The topological polar surface area (TPSA) is 55.9 Å². The highest BCUT2D eigenvalue weighted by atomic mass is 32.1. The summed E-state index contributed by atoms with van der Waals surface area (Å²) in [4.78, 5) is 6.17. The molecule has 1 N–H and O–H groups in total. The van der Waals surface area contributed by atoms with Gasteiger partial charge in [-0.25, -0.2) is 0 Å². The molecule has 0 aliphatic carbocycles. The Hall–Kier alpha value is -2.38. The molecule has 2 heterocycles. The number of hydrogen-bond donors (Lipinski definition) is 1. The number of methoxy groups -OCH3 is 1. The van der Waals surface area contributed by atoms with Crippen molar-refractivity contribution in [1.82, 2.24) is 10.3 Å². The first kappa shape index (κ1) is 16.5. The van der Waals surface area contributed by atoms with E-state index in [4.69, 9.17) is 26.4 Å². The van der Waals surface area contributed by atoms with E-state index in [1.165, 1.54) is 0 Å². The lowest BCUT2D eigenvalue weighted by Crippen LogP contribution is -2.40. The van der Waals surface area contributed by atoms with Gasteiger partial charge in [-0.3, -0.25) is 4.98 Å². The van der Waals surface area contributed by atoms with Crippen LogP contribution in [-0.4, -0.2) is 37.2 Å². The third-order valence-corrected chi connectivity index (χ3v) is 3.92. The Morgan fingerprint density at radius 2 is 2.21 bits per heavy atom. The molecule has 1 aliphatic rings. The van der Waals surface area contributed by atoms with E-state index in [2.05, 4.69) is 10.3 Å². The average molecular weight is 345 g/mol. The Morgan fingerprint density at radius 1 is 1.33 bits per heavy atom. The molecule has 6 nitrogen and oxygen atoms in total. The molecule has 0 amide bonds. The van der Waals surface area contributed by atoms with Gasteiger partial charge in [0.1, 0.15) is 0 Å². The number of benzene rings is 1. The average Bonchev–Trinajstić information content (AvgIpc) is 3.08. The molecular formula is C17H19N3O3S. The predicted molar refractivity (Wildman–Crippen MR) is 95.5 cm³/mol. The highest BCUT2D eigenvalue weighted by Gasteiger charge is 2.18. The lowest BCUT2D eigenvalue weighted by molar-refractivity contribution is 0.174. The number of nitrogens with zero attached hydrogens (tertiary/aromatic N) is 2.